The van der Waals surface area contributed by atoms with E-state index in [4.69, 9.17) is 11.6 Å². The lowest BCUT2D eigenvalue weighted by molar-refractivity contribution is -0.117. The number of amides is 3. The molecule has 0 aliphatic carbocycles. The minimum absolute atomic E-state index is 0.0303. The quantitative estimate of drug-likeness (QED) is 0.909. The van der Waals surface area contributed by atoms with Crippen molar-refractivity contribution in [2.24, 2.45) is 0 Å². The van der Waals surface area contributed by atoms with Gasteiger partial charge in [-0.1, -0.05) is 18.5 Å². The molecule has 3 amide bonds. The summed E-state index contributed by atoms with van der Waals surface area (Å²) in [5.41, 5.74) is 0.825. The molecule has 0 aromatic heterocycles. The summed E-state index contributed by atoms with van der Waals surface area (Å²) in [4.78, 5) is 28.5. The minimum Gasteiger partial charge on any atom is -0.333 e. The van der Waals surface area contributed by atoms with Gasteiger partial charge in [-0.3, -0.25) is 4.79 Å². The van der Waals surface area contributed by atoms with Crippen LogP contribution in [0, 0.1) is 0 Å². The molecule has 130 valence electrons. The molecule has 2 saturated heterocycles. The maximum Gasteiger partial charge on any atom is 0.317 e. The van der Waals surface area contributed by atoms with Gasteiger partial charge in [0.05, 0.1) is 6.04 Å². The Balaban J connectivity index is 1.61. The first-order valence-electron chi connectivity index (χ1n) is 8.71. The Hall–Kier alpha value is -1.75. The third kappa shape index (κ3) is 3.66. The highest BCUT2D eigenvalue weighted by Crippen LogP contribution is 2.24. The summed E-state index contributed by atoms with van der Waals surface area (Å²) < 4.78 is 0. The average molecular weight is 350 g/mol. The van der Waals surface area contributed by atoms with Crippen LogP contribution in [0.1, 0.15) is 39.0 Å². The summed E-state index contributed by atoms with van der Waals surface area (Å²) in [6.07, 6.45) is 4.65. The van der Waals surface area contributed by atoms with E-state index in [9.17, 15) is 9.59 Å². The van der Waals surface area contributed by atoms with Gasteiger partial charge in [-0.25, -0.2) is 4.79 Å². The molecule has 0 spiro atoms. The van der Waals surface area contributed by atoms with Crippen molar-refractivity contribution in [3.05, 3.63) is 29.3 Å². The van der Waals surface area contributed by atoms with Crippen molar-refractivity contribution in [2.45, 2.75) is 51.1 Å². The number of anilines is 1. The fraction of sp³-hybridized carbons (Fsp3) is 0.556. The molecule has 0 bridgehead atoms. The summed E-state index contributed by atoms with van der Waals surface area (Å²) in [6.45, 7) is 3.44. The van der Waals surface area contributed by atoms with Crippen molar-refractivity contribution in [1.29, 1.82) is 0 Å². The number of nitrogens with zero attached hydrogens (tertiary/aromatic N) is 2. The smallest absolute Gasteiger partial charge is 0.317 e. The zero-order valence-corrected chi connectivity index (χ0v) is 14.8. The minimum atomic E-state index is -0.139. The van der Waals surface area contributed by atoms with Crippen molar-refractivity contribution in [3.63, 3.8) is 0 Å². The van der Waals surface area contributed by atoms with Gasteiger partial charge in [-0.15, -0.1) is 0 Å². The fourth-order valence-corrected chi connectivity index (χ4v) is 3.75. The highest BCUT2D eigenvalue weighted by atomic mass is 35.5. The summed E-state index contributed by atoms with van der Waals surface area (Å²) in [7, 11) is 0. The Bertz CT molecular complexity index is 605. The Labute approximate surface area is 147 Å². The van der Waals surface area contributed by atoms with Crippen LogP contribution < -0.4 is 10.2 Å². The first-order valence-corrected chi connectivity index (χ1v) is 9.09. The number of carbonyl (C=O) groups is 2. The highest BCUT2D eigenvalue weighted by Gasteiger charge is 2.34. The Morgan fingerprint density at radius 1 is 1.29 bits per heavy atom. The first-order chi connectivity index (χ1) is 11.6. The van der Waals surface area contributed by atoms with Crippen molar-refractivity contribution < 1.29 is 9.59 Å². The van der Waals surface area contributed by atoms with E-state index in [0.29, 0.717) is 24.0 Å². The van der Waals surface area contributed by atoms with Crippen LogP contribution in [-0.2, 0) is 4.79 Å². The molecule has 0 radical (unpaired) electrons. The number of halogens is 1. The van der Waals surface area contributed by atoms with Gasteiger partial charge in [0.2, 0.25) is 5.91 Å². The number of hydrogen-bond acceptors (Lipinski definition) is 2. The number of rotatable bonds is 3. The SMILES string of the molecule is CC[C@@H]1CCCCN1C(=O)N[C@H]1CC(=O)N(c2ccc(Cl)cc2)C1. The standard InChI is InChI=1S/C18H24ClN3O2/c1-2-15-5-3-4-10-21(15)18(24)20-14-11-17(23)22(12-14)16-8-6-13(19)7-9-16/h6-9,14-15H,2-5,10-12H2,1H3,(H,20,24)/t14-,15+/m0/s1. The Morgan fingerprint density at radius 2 is 2.04 bits per heavy atom. The van der Waals surface area contributed by atoms with Gasteiger partial charge in [-0.05, 0) is 49.9 Å². The second-order valence-corrected chi connectivity index (χ2v) is 7.02. The number of hydrogen-bond donors (Lipinski definition) is 1. The predicted molar refractivity (Wildman–Crippen MR) is 95.4 cm³/mol. The third-order valence-corrected chi connectivity index (χ3v) is 5.20. The molecular formula is C18H24ClN3O2. The molecule has 5 nitrogen and oxygen atoms in total. The summed E-state index contributed by atoms with van der Waals surface area (Å²) in [5, 5.41) is 3.70. The maximum atomic E-state index is 12.6. The van der Waals surface area contributed by atoms with E-state index in [1.807, 2.05) is 17.0 Å². The van der Waals surface area contributed by atoms with Crippen LogP contribution in [0.15, 0.2) is 24.3 Å². The molecule has 6 heteroatoms. The zero-order valence-electron chi connectivity index (χ0n) is 14.0. The lowest BCUT2D eigenvalue weighted by Gasteiger charge is -2.35. The number of urea groups is 1. The Morgan fingerprint density at radius 3 is 2.75 bits per heavy atom. The van der Waals surface area contributed by atoms with Crippen LogP contribution in [0.5, 0.6) is 0 Å². The Kier molecular flexibility index (Phi) is 5.29. The molecule has 2 atom stereocenters. The van der Waals surface area contributed by atoms with Crippen molar-refractivity contribution >= 4 is 29.2 Å². The molecule has 1 aromatic carbocycles. The topological polar surface area (TPSA) is 52.7 Å². The zero-order chi connectivity index (χ0) is 17.1. The molecule has 2 fully saturated rings. The van der Waals surface area contributed by atoms with Gasteiger partial charge in [-0.2, -0.15) is 0 Å². The predicted octanol–water partition coefficient (Wildman–Crippen LogP) is 3.42. The van der Waals surface area contributed by atoms with Gasteiger partial charge in [0.25, 0.3) is 0 Å². The van der Waals surface area contributed by atoms with E-state index in [1.165, 1.54) is 6.42 Å². The summed E-state index contributed by atoms with van der Waals surface area (Å²) in [6, 6.07) is 7.37. The van der Waals surface area contributed by atoms with Crippen LogP contribution in [0.4, 0.5) is 10.5 Å². The molecule has 2 aliphatic rings. The van der Waals surface area contributed by atoms with Gasteiger partial charge in [0.15, 0.2) is 0 Å². The molecule has 24 heavy (non-hydrogen) atoms. The van der Waals surface area contributed by atoms with Crippen LogP contribution in [0.3, 0.4) is 0 Å². The van der Waals surface area contributed by atoms with E-state index in [1.54, 1.807) is 17.0 Å². The molecule has 0 saturated carbocycles. The first kappa shape index (κ1) is 17.1. The lowest BCUT2D eigenvalue weighted by atomic mass is 10.0. The molecular weight excluding hydrogens is 326 g/mol. The van der Waals surface area contributed by atoms with Crippen LogP contribution in [0.2, 0.25) is 5.02 Å². The van der Waals surface area contributed by atoms with Crippen LogP contribution in [-0.4, -0.2) is 42.0 Å². The number of carbonyl (C=O) groups excluding carboxylic acids is 2. The highest BCUT2D eigenvalue weighted by molar-refractivity contribution is 6.30. The van der Waals surface area contributed by atoms with Gasteiger partial charge < -0.3 is 15.1 Å². The van der Waals surface area contributed by atoms with Crippen LogP contribution in [0.25, 0.3) is 0 Å². The van der Waals surface area contributed by atoms with E-state index in [-0.39, 0.29) is 18.0 Å². The van der Waals surface area contributed by atoms with Crippen molar-refractivity contribution in [1.82, 2.24) is 10.2 Å². The van der Waals surface area contributed by atoms with Gasteiger partial charge >= 0.3 is 6.03 Å². The normalized spacial score (nSPS) is 24.3. The molecule has 2 aliphatic heterocycles. The number of piperidine rings is 1. The largest absolute Gasteiger partial charge is 0.333 e. The van der Waals surface area contributed by atoms with Gasteiger partial charge in [0.1, 0.15) is 0 Å². The summed E-state index contributed by atoms with van der Waals surface area (Å²) >= 11 is 5.90. The number of likely N-dealkylation sites (tertiary alicyclic amines) is 1. The average Bonchev–Trinajstić information content (AvgIpc) is 2.95. The van der Waals surface area contributed by atoms with E-state index < -0.39 is 0 Å². The summed E-state index contributed by atoms with van der Waals surface area (Å²) in [5.74, 6) is 0.0355. The molecule has 2 heterocycles. The second-order valence-electron chi connectivity index (χ2n) is 6.58. The lowest BCUT2D eigenvalue weighted by Crippen LogP contribution is -2.51. The molecule has 1 N–H and O–H groups in total. The fourth-order valence-electron chi connectivity index (χ4n) is 3.62. The third-order valence-electron chi connectivity index (χ3n) is 4.95. The van der Waals surface area contributed by atoms with E-state index in [0.717, 1.165) is 31.5 Å². The van der Waals surface area contributed by atoms with Crippen molar-refractivity contribution in [2.75, 3.05) is 18.0 Å². The van der Waals surface area contributed by atoms with Gasteiger partial charge in [0, 0.05) is 36.3 Å². The number of nitrogens with one attached hydrogen (secondary N) is 1. The number of benzene rings is 1. The van der Waals surface area contributed by atoms with Crippen LogP contribution >= 0.6 is 11.6 Å². The second kappa shape index (κ2) is 7.43. The molecule has 3 rings (SSSR count). The molecule has 1 aromatic rings. The monoisotopic (exact) mass is 349 g/mol. The van der Waals surface area contributed by atoms with E-state index >= 15 is 0 Å². The van der Waals surface area contributed by atoms with Crippen molar-refractivity contribution in [3.8, 4) is 0 Å². The maximum absolute atomic E-state index is 12.6. The molecule has 0 unspecified atom stereocenters. The van der Waals surface area contributed by atoms with E-state index in [2.05, 4.69) is 12.2 Å².